The van der Waals surface area contributed by atoms with Gasteiger partial charge in [0.1, 0.15) is 5.65 Å². The summed E-state index contributed by atoms with van der Waals surface area (Å²) in [6.45, 7) is 2.20. The molecule has 19 heavy (non-hydrogen) atoms. The lowest BCUT2D eigenvalue weighted by molar-refractivity contribution is 0.938. The van der Waals surface area contributed by atoms with Crippen molar-refractivity contribution in [1.82, 2.24) is 15.0 Å². The molecule has 0 aliphatic rings. The van der Waals surface area contributed by atoms with E-state index in [-0.39, 0.29) is 0 Å². The van der Waals surface area contributed by atoms with Crippen LogP contribution >= 0.6 is 11.3 Å². The Morgan fingerprint density at radius 1 is 1.37 bits per heavy atom. The van der Waals surface area contributed by atoms with Gasteiger partial charge in [0, 0.05) is 35.3 Å². The summed E-state index contributed by atoms with van der Waals surface area (Å²) in [5.74, 6) is 0. The van der Waals surface area contributed by atoms with Gasteiger partial charge in [-0.25, -0.2) is 9.97 Å². The average molecular weight is 272 g/mol. The van der Waals surface area contributed by atoms with Crippen molar-refractivity contribution in [3.63, 3.8) is 0 Å². The second-order valence-corrected chi connectivity index (χ2v) is 5.47. The van der Waals surface area contributed by atoms with E-state index in [0.717, 1.165) is 40.3 Å². The molecule has 0 amide bonds. The molecular weight excluding hydrogens is 256 g/mol. The van der Waals surface area contributed by atoms with Crippen molar-refractivity contribution >= 4 is 27.5 Å². The van der Waals surface area contributed by atoms with Gasteiger partial charge >= 0.3 is 0 Å². The first kappa shape index (κ1) is 12.2. The van der Waals surface area contributed by atoms with Gasteiger partial charge in [0.25, 0.3) is 0 Å². The summed E-state index contributed by atoms with van der Waals surface area (Å²) in [5.41, 5.74) is 3.16. The molecule has 0 saturated carbocycles. The standard InChI is InChI=1S/C14H16N4S/c1-3-4-11-12(18-14(15-2)19-11)9-5-7-16-13-10(9)6-8-17-13/h5-8H,3-4H2,1-2H3,(H,15,18)(H,16,17). The summed E-state index contributed by atoms with van der Waals surface area (Å²) in [4.78, 5) is 13.5. The second kappa shape index (κ2) is 5.01. The third kappa shape index (κ3) is 2.10. The fourth-order valence-electron chi connectivity index (χ4n) is 2.23. The first-order chi connectivity index (χ1) is 9.33. The lowest BCUT2D eigenvalue weighted by Crippen LogP contribution is -1.89. The number of hydrogen-bond donors (Lipinski definition) is 2. The van der Waals surface area contributed by atoms with Crippen molar-refractivity contribution in [2.24, 2.45) is 0 Å². The Bertz CT molecular complexity index is 698. The van der Waals surface area contributed by atoms with E-state index in [0.29, 0.717) is 0 Å². The molecule has 2 N–H and O–H groups in total. The zero-order valence-electron chi connectivity index (χ0n) is 11.0. The molecule has 0 aliphatic carbocycles. The highest BCUT2D eigenvalue weighted by atomic mass is 32.1. The van der Waals surface area contributed by atoms with Crippen molar-refractivity contribution in [2.75, 3.05) is 12.4 Å². The maximum absolute atomic E-state index is 4.71. The maximum Gasteiger partial charge on any atom is 0.183 e. The molecule has 3 rings (SSSR count). The minimum atomic E-state index is 0.916. The van der Waals surface area contributed by atoms with Crippen LogP contribution in [0, 0.1) is 0 Å². The van der Waals surface area contributed by atoms with Gasteiger partial charge in [0.05, 0.1) is 5.69 Å². The van der Waals surface area contributed by atoms with Crippen LogP contribution in [0.5, 0.6) is 0 Å². The van der Waals surface area contributed by atoms with Crippen LogP contribution in [-0.2, 0) is 6.42 Å². The molecule has 0 unspecified atom stereocenters. The largest absolute Gasteiger partial charge is 0.365 e. The maximum atomic E-state index is 4.71. The smallest absolute Gasteiger partial charge is 0.183 e. The van der Waals surface area contributed by atoms with E-state index in [1.165, 1.54) is 4.88 Å². The van der Waals surface area contributed by atoms with Gasteiger partial charge in [-0.2, -0.15) is 0 Å². The zero-order valence-corrected chi connectivity index (χ0v) is 11.8. The molecule has 4 nitrogen and oxygen atoms in total. The minimum absolute atomic E-state index is 0.916. The average Bonchev–Trinajstić information content (AvgIpc) is 3.04. The fraction of sp³-hybridized carbons (Fsp3) is 0.286. The Morgan fingerprint density at radius 3 is 3.05 bits per heavy atom. The van der Waals surface area contributed by atoms with E-state index >= 15 is 0 Å². The summed E-state index contributed by atoms with van der Waals surface area (Å²) in [6, 6.07) is 4.11. The van der Waals surface area contributed by atoms with E-state index in [2.05, 4.69) is 28.3 Å². The van der Waals surface area contributed by atoms with Gasteiger partial charge in [-0.15, -0.1) is 11.3 Å². The monoisotopic (exact) mass is 272 g/mol. The predicted octanol–water partition coefficient (Wildman–Crippen LogP) is 3.68. The Morgan fingerprint density at radius 2 is 2.26 bits per heavy atom. The molecule has 0 atom stereocenters. The van der Waals surface area contributed by atoms with Crippen LogP contribution in [0.25, 0.3) is 22.3 Å². The molecule has 0 aromatic carbocycles. The minimum Gasteiger partial charge on any atom is -0.365 e. The number of aryl methyl sites for hydroxylation is 1. The van der Waals surface area contributed by atoms with Gasteiger partial charge in [-0.3, -0.25) is 0 Å². The van der Waals surface area contributed by atoms with Crippen molar-refractivity contribution in [3.8, 4) is 11.3 Å². The SMILES string of the molecule is CCCc1sc(NC)nc1-c1ccnc2[nH]ccc12. The molecule has 0 radical (unpaired) electrons. The summed E-state index contributed by atoms with van der Waals surface area (Å²) in [7, 11) is 1.91. The van der Waals surface area contributed by atoms with Crippen molar-refractivity contribution < 1.29 is 0 Å². The molecule has 3 aromatic rings. The summed E-state index contributed by atoms with van der Waals surface area (Å²) >= 11 is 1.74. The first-order valence-corrected chi connectivity index (χ1v) is 7.25. The van der Waals surface area contributed by atoms with Crippen LogP contribution in [0.2, 0.25) is 0 Å². The number of anilines is 1. The number of fused-ring (bicyclic) bond motifs is 1. The van der Waals surface area contributed by atoms with Crippen LogP contribution in [0.15, 0.2) is 24.5 Å². The highest BCUT2D eigenvalue weighted by Crippen LogP contribution is 2.35. The number of H-pyrrole nitrogens is 1. The first-order valence-electron chi connectivity index (χ1n) is 6.43. The third-order valence-corrected chi connectivity index (χ3v) is 4.24. The topological polar surface area (TPSA) is 53.6 Å². The molecule has 3 aromatic heterocycles. The zero-order chi connectivity index (χ0) is 13.2. The Balaban J connectivity index is 2.19. The predicted molar refractivity (Wildman–Crippen MR) is 80.7 cm³/mol. The number of pyridine rings is 1. The Kier molecular flexibility index (Phi) is 3.21. The Hall–Kier alpha value is -1.88. The number of thiazole rings is 1. The molecule has 0 saturated heterocycles. The van der Waals surface area contributed by atoms with Gasteiger partial charge < -0.3 is 10.3 Å². The molecule has 5 heteroatoms. The highest BCUT2D eigenvalue weighted by Gasteiger charge is 2.14. The quantitative estimate of drug-likeness (QED) is 0.761. The van der Waals surface area contributed by atoms with E-state index < -0.39 is 0 Å². The normalized spacial score (nSPS) is 11.1. The Labute approximate surface area is 115 Å². The van der Waals surface area contributed by atoms with Crippen molar-refractivity contribution in [1.29, 1.82) is 0 Å². The number of aromatic nitrogens is 3. The molecule has 0 aliphatic heterocycles. The van der Waals surface area contributed by atoms with Crippen molar-refractivity contribution in [3.05, 3.63) is 29.4 Å². The fourth-order valence-corrected chi connectivity index (χ4v) is 3.26. The number of aromatic amines is 1. The number of nitrogens with one attached hydrogen (secondary N) is 2. The molecule has 0 bridgehead atoms. The van der Waals surface area contributed by atoms with Crippen LogP contribution in [0.4, 0.5) is 5.13 Å². The van der Waals surface area contributed by atoms with E-state index in [9.17, 15) is 0 Å². The molecular formula is C14H16N4S. The second-order valence-electron chi connectivity index (χ2n) is 4.39. The van der Waals surface area contributed by atoms with Crippen LogP contribution in [-0.4, -0.2) is 22.0 Å². The summed E-state index contributed by atoms with van der Waals surface area (Å²) in [6.07, 6.45) is 5.94. The van der Waals surface area contributed by atoms with Gasteiger partial charge in [-0.1, -0.05) is 13.3 Å². The van der Waals surface area contributed by atoms with E-state index in [1.807, 2.05) is 25.5 Å². The van der Waals surface area contributed by atoms with E-state index in [4.69, 9.17) is 4.98 Å². The summed E-state index contributed by atoms with van der Waals surface area (Å²) < 4.78 is 0. The number of hydrogen-bond acceptors (Lipinski definition) is 4. The lowest BCUT2D eigenvalue weighted by atomic mass is 10.1. The third-order valence-electron chi connectivity index (χ3n) is 3.10. The van der Waals surface area contributed by atoms with Crippen LogP contribution in [0.3, 0.4) is 0 Å². The van der Waals surface area contributed by atoms with Crippen molar-refractivity contribution in [2.45, 2.75) is 19.8 Å². The number of rotatable bonds is 4. The molecule has 3 heterocycles. The van der Waals surface area contributed by atoms with Gasteiger partial charge in [0.2, 0.25) is 0 Å². The van der Waals surface area contributed by atoms with E-state index in [1.54, 1.807) is 11.3 Å². The molecule has 0 spiro atoms. The molecule has 98 valence electrons. The molecule has 0 fully saturated rings. The highest BCUT2D eigenvalue weighted by molar-refractivity contribution is 7.16. The summed E-state index contributed by atoms with van der Waals surface area (Å²) in [5, 5.41) is 5.25. The van der Waals surface area contributed by atoms with Gasteiger partial charge in [-0.05, 0) is 18.6 Å². The van der Waals surface area contributed by atoms with Gasteiger partial charge in [0.15, 0.2) is 5.13 Å². The van der Waals surface area contributed by atoms with Crippen LogP contribution in [0.1, 0.15) is 18.2 Å². The number of nitrogens with zero attached hydrogens (tertiary/aromatic N) is 2. The lowest BCUT2D eigenvalue weighted by Gasteiger charge is -2.02. The van der Waals surface area contributed by atoms with Crippen LogP contribution < -0.4 is 5.32 Å².